The number of nitrogens with one attached hydrogen (secondary N) is 1. The largest absolute Gasteiger partial charge is 0.314 e. The molecule has 106 valence electrons. The third-order valence-corrected chi connectivity index (χ3v) is 4.09. The lowest BCUT2D eigenvalue weighted by Crippen LogP contribution is -2.43. The van der Waals surface area contributed by atoms with E-state index < -0.39 is 0 Å². The molecular formula is C16H27N3. The van der Waals surface area contributed by atoms with Crippen molar-refractivity contribution in [3.8, 4) is 0 Å². The van der Waals surface area contributed by atoms with Gasteiger partial charge in [0.25, 0.3) is 0 Å². The van der Waals surface area contributed by atoms with Crippen LogP contribution >= 0.6 is 0 Å². The second-order valence-electron chi connectivity index (χ2n) is 5.62. The van der Waals surface area contributed by atoms with E-state index in [9.17, 15) is 0 Å². The number of pyridine rings is 1. The number of hydrogen-bond acceptors (Lipinski definition) is 3. The zero-order valence-corrected chi connectivity index (χ0v) is 12.4. The molecule has 1 saturated heterocycles. The van der Waals surface area contributed by atoms with Gasteiger partial charge in [-0.1, -0.05) is 6.92 Å². The molecule has 0 spiro atoms. The van der Waals surface area contributed by atoms with Crippen molar-refractivity contribution in [2.75, 3.05) is 26.2 Å². The molecule has 0 amide bonds. The van der Waals surface area contributed by atoms with Crippen LogP contribution in [0.4, 0.5) is 0 Å². The second kappa shape index (κ2) is 7.61. The van der Waals surface area contributed by atoms with Gasteiger partial charge < -0.3 is 10.2 Å². The maximum Gasteiger partial charge on any atom is 0.0299 e. The van der Waals surface area contributed by atoms with E-state index in [1.54, 1.807) is 0 Å². The maximum atomic E-state index is 4.14. The lowest BCUT2D eigenvalue weighted by atomic mass is 10.0. The second-order valence-corrected chi connectivity index (χ2v) is 5.62. The SMILES string of the molecule is CCCN1CCC(NCCc2ccncc2C)CC1. The van der Waals surface area contributed by atoms with E-state index in [1.807, 2.05) is 12.4 Å². The predicted molar refractivity (Wildman–Crippen MR) is 80.4 cm³/mol. The van der Waals surface area contributed by atoms with Gasteiger partial charge in [-0.15, -0.1) is 0 Å². The molecule has 1 fully saturated rings. The summed E-state index contributed by atoms with van der Waals surface area (Å²) in [7, 11) is 0. The molecule has 3 heteroatoms. The number of nitrogens with zero attached hydrogens (tertiary/aromatic N) is 2. The molecule has 19 heavy (non-hydrogen) atoms. The van der Waals surface area contributed by atoms with Crippen LogP contribution < -0.4 is 5.32 Å². The molecule has 0 radical (unpaired) electrons. The van der Waals surface area contributed by atoms with Gasteiger partial charge in [0.05, 0.1) is 0 Å². The Morgan fingerprint density at radius 3 is 2.84 bits per heavy atom. The molecule has 0 saturated carbocycles. The van der Waals surface area contributed by atoms with Crippen molar-refractivity contribution in [3.63, 3.8) is 0 Å². The van der Waals surface area contributed by atoms with Crippen molar-refractivity contribution >= 4 is 0 Å². The summed E-state index contributed by atoms with van der Waals surface area (Å²) in [5.41, 5.74) is 2.73. The number of likely N-dealkylation sites (tertiary alicyclic amines) is 1. The summed E-state index contributed by atoms with van der Waals surface area (Å²) < 4.78 is 0. The lowest BCUT2D eigenvalue weighted by Gasteiger charge is -2.32. The summed E-state index contributed by atoms with van der Waals surface area (Å²) in [6, 6.07) is 2.86. The van der Waals surface area contributed by atoms with E-state index in [0.29, 0.717) is 0 Å². The van der Waals surface area contributed by atoms with Gasteiger partial charge in [-0.2, -0.15) is 0 Å². The number of piperidine rings is 1. The van der Waals surface area contributed by atoms with Crippen molar-refractivity contribution < 1.29 is 0 Å². The monoisotopic (exact) mass is 261 g/mol. The first-order chi connectivity index (χ1) is 9.29. The Morgan fingerprint density at radius 2 is 2.16 bits per heavy atom. The Labute approximate surface area is 117 Å². The molecule has 1 aromatic heterocycles. The normalized spacial score (nSPS) is 17.8. The molecular weight excluding hydrogens is 234 g/mol. The first kappa shape index (κ1) is 14.5. The minimum atomic E-state index is 0.718. The smallest absolute Gasteiger partial charge is 0.0299 e. The molecule has 3 nitrogen and oxygen atoms in total. The first-order valence-corrected chi connectivity index (χ1v) is 7.65. The molecule has 2 heterocycles. The highest BCUT2D eigenvalue weighted by molar-refractivity contribution is 5.21. The standard InChI is InChI=1S/C16H27N3/c1-3-10-19-11-6-16(7-12-19)18-9-5-15-4-8-17-13-14(15)2/h4,8,13,16,18H,3,5-7,9-12H2,1-2H3. The Balaban J connectivity index is 1.66. The van der Waals surface area contributed by atoms with E-state index in [4.69, 9.17) is 0 Å². The van der Waals surface area contributed by atoms with Gasteiger partial charge in [-0.05, 0) is 76.0 Å². The van der Waals surface area contributed by atoms with Crippen LogP contribution in [0.3, 0.4) is 0 Å². The van der Waals surface area contributed by atoms with Crippen LogP contribution in [0.25, 0.3) is 0 Å². The van der Waals surface area contributed by atoms with Gasteiger partial charge in [-0.3, -0.25) is 4.98 Å². The number of aryl methyl sites for hydroxylation is 1. The highest BCUT2D eigenvalue weighted by Crippen LogP contribution is 2.11. The topological polar surface area (TPSA) is 28.2 Å². The molecule has 1 aromatic rings. The summed E-state index contributed by atoms with van der Waals surface area (Å²) in [4.78, 5) is 6.73. The van der Waals surface area contributed by atoms with Crippen molar-refractivity contribution in [2.24, 2.45) is 0 Å². The maximum absolute atomic E-state index is 4.14. The van der Waals surface area contributed by atoms with Crippen LogP contribution in [-0.2, 0) is 6.42 Å². The van der Waals surface area contributed by atoms with Crippen LogP contribution in [0.15, 0.2) is 18.5 Å². The summed E-state index contributed by atoms with van der Waals surface area (Å²) in [6.45, 7) is 9.29. The van der Waals surface area contributed by atoms with Gasteiger partial charge in [0.2, 0.25) is 0 Å². The van der Waals surface area contributed by atoms with Crippen LogP contribution in [-0.4, -0.2) is 42.1 Å². The fourth-order valence-electron chi connectivity index (χ4n) is 2.87. The van der Waals surface area contributed by atoms with Gasteiger partial charge in [0.15, 0.2) is 0 Å². The van der Waals surface area contributed by atoms with Crippen LogP contribution in [0.1, 0.15) is 37.3 Å². The zero-order chi connectivity index (χ0) is 13.5. The Morgan fingerprint density at radius 1 is 1.37 bits per heavy atom. The molecule has 1 aliphatic heterocycles. The Bertz CT molecular complexity index is 370. The Kier molecular flexibility index (Phi) is 5.80. The summed E-state index contributed by atoms with van der Waals surface area (Å²) in [5, 5.41) is 3.71. The molecule has 0 unspecified atom stereocenters. The highest BCUT2D eigenvalue weighted by atomic mass is 15.1. The molecule has 0 atom stereocenters. The van der Waals surface area contributed by atoms with Crippen molar-refractivity contribution in [1.29, 1.82) is 0 Å². The van der Waals surface area contributed by atoms with E-state index in [2.05, 4.69) is 35.1 Å². The zero-order valence-electron chi connectivity index (χ0n) is 12.4. The van der Waals surface area contributed by atoms with Crippen molar-refractivity contribution in [3.05, 3.63) is 29.6 Å². The summed E-state index contributed by atoms with van der Waals surface area (Å²) >= 11 is 0. The molecule has 2 rings (SSSR count). The van der Waals surface area contributed by atoms with Crippen LogP contribution in [0.5, 0.6) is 0 Å². The number of hydrogen-bond donors (Lipinski definition) is 1. The molecule has 0 bridgehead atoms. The van der Waals surface area contributed by atoms with Gasteiger partial charge in [0.1, 0.15) is 0 Å². The molecule has 1 aliphatic rings. The van der Waals surface area contributed by atoms with E-state index in [1.165, 1.54) is 50.0 Å². The fraction of sp³-hybridized carbons (Fsp3) is 0.688. The molecule has 1 N–H and O–H groups in total. The average Bonchev–Trinajstić information content (AvgIpc) is 2.43. The lowest BCUT2D eigenvalue weighted by molar-refractivity contribution is 0.198. The molecule has 0 aliphatic carbocycles. The van der Waals surface area contributed by atoms with Gasteiger partial charge >= 0.3 is 0 Å². The van der Waals surface area contributed by atoms with Gasteiger partial charge in [0, 0.05) is 18.4 Å². The highest BCUT2D eigenvalue weighted by Gasteiger charge is 2.17. The summed E-state index contributed by atoms with van der Waals surface area (Å²) in [5.74, 6) is 0. The van der Waals surface area contributed by atoms with E-state index in [-0.39, 0.29) is 0 Å². The van der Waals surface area contributed by atoms with Crippen molar-refractivity contribution in [2.45, 2.75) is 45.6 Å². The summed E-state index contributed by atoms with van der Waals surface area (Å²) in [6.07, 6.45) is 8.84. The van der Waals surface area contributed by atoms with Crippen molar-refractivity contribution in [1.82, 2.24) is 15.2 Å². The minimum absolute atomic E-state index is 0.718. The third kappa shape index (κ3) is 4.59. The third-order valence-electron chi connectivity index (χ3n) is 4.09. The Hall–Kier alpha value is -0.930. The number of rotatable bonds is 6. The van der Waals surface area contributed by atoms with Gasteiger partial charge in [-0.25, -0.2) is 0 Å². The average molecular weight is 261 g/mol. The van der Waals surface area contributed by atoms with Crippen LogP contribution in [0, 0.1) is 6.92 Å². The quantitative estimate of drug-likeness (QED) is 0.852. The molecule has 0 aromatic carbocycles. The predicted octanol–water partition coefficient (Wildman–Crippen LogP) is 2.40. The fourth-order valence-corrected chi connectivity index (χ4v) is 2.87. The van der Waals surface area contributed by atoms with Crippen LogP contribution in [0.2, 0.25) is 0 Å². The number of aromatic nitrogens is 1. The van der Waals surface area contributed by atoms with E-state index in [0.717, 1.165) is 19.0 Å². The minimum Gasteiger partial charge on any atom is -0.314 e. The van der Waals surface area contributed by atoms with E-state index >= 15 is 0 Å². The first-order valence-electron chi connectivity index (χ1n) is 7.65.